The lowest BCUT2D eigenvalue weighted by Crippen LogP contribution is -2.43. The average molecular weight is 268 g/mol. The van der Waals surface area contributed by atoms with E-state index in [0.29, 0.717) is 12.1 Å². The third-order valence-electron chi connectivity index (χ3n) is 5.48. The van der Waals surface area contributed by atoms with E-state index in [1.165, 1.54) is 0 Å². The van der Waals surface area contributed by atoms with Crippen LogP contribution in [0.15, 0.2) is 24.3 Å². The summed E-state index contributed by atoms with van der Waals surface area (Å²) in [4.78, 5) is 21.4. The van der Waals surface area contributed by atoms with Crippen LogP contribution < -0.4 is 0 Å². The molecule has 0 aliphatic heterocycles. The first-order valence-corrected chi connectivity index (χ1v) is 6.99. The molecule has 2 aromatic rings. The Hall–Kier alpha value is -1.97. The zero-order chi connectivity index (χ0) is 14.1. The van der Waals surface area contributed by atoms with Crippen molar-refractivity contribution in [2.24, 2.45) is 5.41 Å². The normalized spacial score (nSPS) is 29.6. The largest absolute Gasteiger partial charge is 0.481 e. The Balaban J connectivity index is 2.10. The lowest BCUT2D eigenvalue weighted by Gasteiger charge is -2.33. The van der Waals surface area contributed by atoms with E-state index in [4.69, 9.17) is 4.98 Å². The minimum Gasteiger partial charge on any atom is -0.481 e. The van der Waals surface area contributed by atoms with Crippen molar-refractivity contribution in [3.8, 4) is 0 Å². The molecule has 2 bridgehead atoms. The number of para-hydroxylation sites is 2. The lowest BCUT2D eigenvalue weighted by atomic mass is 9.68. The summed E-state index contributed by atoms with van der Waals surface area (Å²) in [5.41, 5.74) is 2.06. The zero-order valence-corrected chi connectivity index (χ0v) is 11.6. The second-order valence-electron chi connectivity index (χ2n) is 6.47. The molecule has 0 radical (unpaired) electrons. The van der Waals surface area contributed by atoms with Crippen LogP contribution in [0.1, 0.15) is 44.0 Å². The van der Waals surface area contributed by atoms with Gasteiger partial charge in [0.2, 0.25) is 0 Å². The van der Waals surface area contributed by atoms with Crippen LogP contribution in [0.4, 0.5) is 0 Å². The summed E-state index contributed by atoms with van der Waals surface area (Å²) in [7, 11) is 0. The molecule has 20 heavy (non-hydrogen) atoms. The topological polar surface area (TPSA) is 63.1 Å². The van der Waals surface area contributed by atoms with Crippen molar-refractivity contribution in [2.45, 2.75) is 38.0 Å². The number of rotatable bonds is 1. The molecule has 0 spiro atoms. The highest BCUT2D eigenvalue weighted by Gasteiger charge is 2.68. The van der Waals surface area contributed by atoms with Crippen molar-refractivity contribution >= 4 is 17.0 Å². The summed E-state index contributed by atoms with van der Waals surface area (Å²) in [6.45, 7) is 4.10. The van der Waals surface area contributed by atoms with Gasteiger partial charge in [-0.25, -0.2) is 9.97 Å². The van der Waals surface area contributed by atoms with Crippen LogP contribution in [0.5, 0.6) is 0 Å². The molecule has 1 heterocycles. The number of benzene rings is 1. The van der Waals surface area contributed by atoms with Crippen molar-refractivity contribution in [1.29, 1.82) is 0 Å². The Morgan fingerprint density at radius 1 is 1.25 bits per heavy atom. The molecule has 2 atom stereocenters. The van der Waals surface area contributed by atoms with Crippen molar-refractivity contribution in [2.75, 3.05) is 0 Å². The molecule has 1 saturated carbocycles. The van der Waals surface area contributed by atoms with Gasteiger partial charge in [-0.2, -0.15) is 0 Å². The van der Waals surface area contributed by atoms with Crippen molar-refractivity contribution < 1.29 is 9.90 Å². The third kappa shape index (κ3) is 1.08. The van der Waals surface area contributed by atoms with Gasteiger partial charge >= 0.3 is 5.97 Å². The number of aliphatic carboxylic acids is 1. The maximum atomic E-state index is 12.0. The molecule has 2 aliphatic rings. The van der Waals surface area contributed by atoms with Crippen LogP contribution in [-0.2, 0) is 10.2 Å². The third-order valence-corrected chi connectivity index (χ3v) is 5.48. The Kier molecular flexibility index (Phi) is 1.99. The number of carbonyl (C=O) groups is 1. The molecule has 1 aromatic heterocycles. The van der Waals surface area contributed by atoms with Crippen molar-refractivity contribution in [3.63, 3.8) is 0 Å². The van der Waals surface area contributed by atoms with E-state index in [0.717, 1.165) is 23.1 Å². The van der Waals surface area contributed by atoms with Crippen LogP contribution in [0.3, 0.4) is 0 Å². The van der Waals surface area contributed by atoms with Crippen LogP contribution in [0, 0.1) is 5.41 Å². The quantitative estimate of drug-likeness (QED) is 0.863. The van der Waals surface area contributed by atoms with E-state index >= 15 is 0 Å². The number of hydrogen-bond acceptors (Lipinski definition) is 3. The highest BCUT2D eigenvalue weighted by Crippen LogP contribution is 2.67. The number of nitrogens with zero attached hydrogens (tertiary/aromatic N) is 2. The van der Waals surface area contributed by atoms with E-state index in [9.17, 15) is 9.90 Å². The van der Waals surface area contributed by atoms with Gasteiger partial charge in [0.15, 0.2) is 0 Å². The van der Waals surface area contributed by atoms with E-state index in [-0.39, 0.29) is 11.3 Å². The summed E-state index contributed by atoms with van der Waals surface area (Å²) >= 11 is 0. The maximum Gasteiger partial charge on any atom is 0.316 e. The van der Waals surface area contributed by atoms with Crippen molar-refractivity contribution in [1.82, 2.24) is 9.97 Å². The Morgan fingerprint density at radius 3 is 2.55 bits per heavy atom. The standard InChI is InChI=1S/C16H16N2O2/c1-15(2)9-7-8-16(15,14(19)20)13-12(9)17-10-5-3-4-6-11(10)18-13/h3-6,9H,7-8H2,1-2H3,(H,19,20)/t9-,16-/m0/s1. The number of fused-ring (bicyclic) bond motifs is 6. The minimum absolute atomic E-state index is 0.200. The fraction of sp³-hybridized carbons (Fsp3) is 0.438. The smallest absolute Gasteiger partial charge is 0.316 e. The zero-order valence-electron chi connectivity index (χ0n) is 11.6. The second kappa shape index (κ2) is 3.37. The summed E-state index contributed by atoms with van der Waals surface area (Å²) < 4.78 is 0. The van der Waals surface area contributed by atoms with Crippen LogP contribution in [-0.4, -0.2) is 21.0 Å². The van der Waals surface area contributed by atoms with E-state index in [1.807, 2.05) is 38.1 Å². The Labute approximate surface area is 116 Å². The fourth-order valence-corrected chi connectivity index (χ4v) is 4.30. The minimum atomic E-state index is -0.871. The SMILES string of the molecule is CC1(C)[C@H]2CC[C@@]1(C(=O)O)c1nc3ccccc3nc12. The van der Waals surface area contributed by atoms with Gasteiger partial charge in [0.05, 0.1) is 22.4 Å². The molecule has 4 heteroatoms. The van der Waals surface area contributed by atoms with Gasteiger partial charge in [-0.1, -0.05) is 26.0 Å². The molecule has 0 saturated heterocycles. The van der Waals surface area contributed by atoms with Crippen LogP contribution in [0.2, 0.25) is 0 Å². The van der Waals surface area contributed by atoms with Crippen molar-refractivity contribution in [3.05, 3.63) is 35.7 Å². The van der Waals surface area contributed by atoms with Gasteiger partial charge in [0, 0.05) is 5.92 Å². The first-order valence-electron chi connectivity index (χ1n) is 6.99. The van der Waals surface area contributed by atoms with Gasteiger partial charge in [-0.05, 0) is 30.4 Å². The monoisotopic (exact) mass is 268 g/mol. The summed E-state index contributed by atoms with van der Waals surface area (Å²) in [6.07, 6.45) is 1.55. The van der Waals surface area contributed by atoms with E-state index in [2.05, 4.69) is 4.98 Å². The van der Waals surface area contributed by atoms with E-state index < -0.39 is 11.4 Å². The van der Waals surface area contributed by atoms with Gasteiger partial charge < -0.3 is 5.11 Å². The molecule has 0 unspecified atom stereocenters. The Morgan fingerprint density at radius 2 is 1.90 bits per heavy atom. The first-order chi connectivity index (χ1) is 9.48. The number of carboxylic acids is 1. The maximum absolute atomic E-state index is 12.0. The van der Waals surface area contributed by atoms with Crippen LogP contribution in [0.25, 0.3) is 11.0 Å². The van der Waals surface area contributed by atoms with E-state index in [1.54, 1.807) is 0 Å². The fourth-order valence-electron chi connectivity index (χ4n) is 4.30. The average Bonchev–Trinajstić information content (AvgIpc) is 2.79. The number of carboxylic acid groups (broad SMARTS) is 1. The number of hydrogen-bond donors (Lipinski definition) is 1. The lowest BCUT2D eigenvalue weighted by molar-refractivity contribution is -0.147. The molecule has 102 valence electrons. The molecular weight excluding hydrogens is 252 g/mol. The van der Waals surface area contributed by atoms with Gasteiger partial charge in [0.1, 0.15) is 5.41 Å². The van der Waals surface area contributed by atoms with Gasteiger partial charge in [0.25, 0.3) is 0 Å². The number of aromatic nitrogens is 2. The predicted molar refractivity (Wildman–Crippen MR) is 74.6 cm³/mol. The summed E-state index contributed by atoms with van der Waals surface area (Å²) in [6, 6.07) is 7.69. The molecule has 4 rings (SSSR count). The Bertz CT molecular complexity index is 753. The molecule has 0 amide bonds. The summed E-state index contributed by atoms with van der Waals surface area (Å²) in [5, 5.41) is 9.88. The molecule has 1 N–H and O–H groups in total. The van der Waals surface area contributed by atoms with Crippen LogP contribution >= 0.6 is 0 Å². The predicted octanol–water partition coefficient (Wildman–Crippen LogP) is 2.87. The molecule has 2 aliphatic carbocycles. The molecule has 1 fully saturated rings. The highest BCUT2D eigenvalue weighted by molar-refractivity contribution is 5.87. The molecule has 4 nitrogen and oxygen atoms in total. The first kappa shape index (κ1) is 11.8. The van der Waals surface area contributed by atoms with Gasteiger partial charge in [-0.15, -0.1) is 0 Å². The molecule has 1 aromatic carbocycles. The summed E-state index contributed by atoms with van der Waals surface area (Å²) in [5.74, 6) is -0.556. The molecular formula is C16H16N2O2. The second-order valence-corrected chi connectivity index (χ2v) is 6.47. The highest BCUT2D eigenvalue weighted by atomic mass is 16.4. The van der Waals surface area contributed by atoms with Gasteiger partial charge in [-0.3, -0.25) is 4.79 Å².